The average molecular weight is 480 g/mol. The van der Waals surface area contributed by atoms with Crippen LogP contribution in [0, 0.1) is 12.7 Å². The molecule has 1 atom stereocenters. The van der Waals surface area contributed by atoms with Gasteiger partial charge >= 0.3 is 5.97 Å². The van der Waals surface area contributed by atoms with Crippen molar-refractivity contribution in [3.05, 3.63) is 57.9 Å². The number of ether oxygens (including phenoxy) is 3. The lowest BCUT2D eigenvalue weighted by atomic mass is 10.3. The van der Waals surface area contributed by atoms with Crippen molar-refractivity contribution < 1.29 is 28.2 Å². The first-order chi connectivity index (χ1) is 15.3. The molecule has 0 unspecified atom stereocenters. The first-order valence-electron chi connectivity index (χ1n) is 9.47. The van der Waals surface area contributed by atoms with Crippen molar-refractivity contribution in [2.45, 2.75) is 26.9 Å². The van der Waals surface area contributed by atoms with Crippen molar-refractivity contribution in [1.82, 2.24) is 9.97 Å². The molecule has 1 amide bonds. The number of amides is 1. The van der Waals surface area contributed by atoms with Crippen LogP contribution in [0.1, 0.15) is 29.2 Å². The van der Waals surface area contributed by atoms with E-state index in [2.05, 4.69) is 15.3 Å². The number of hydrogen-bond acceptors (Lipinski definition) is 8. The van der Waals surface area contributed by atoms with Gasteiger partial charge < -0.3 is 14.2 Å². The van der Waals surface area contributed by atoms with E-state index >= 15 is 0 Å². The molecule has 168 valence electrons. The topological polar surface area (TPSA) is 99.6 Å². The number of carbonyl (C=O) groups excluding carboxylic acids is 2. The van der Waals surface area contributed by atoms with E-state index in [4.69, 9.17) is 25.8 Å². The molecule has 0 aliphatic heterocycles. The maximum atomic E-state index is 13.8. The van der Waals surface area contributed by atoms with Crippen LogP contribution in [0.4, 0.5) is 9.52 Å². The summed E-state index contributed by atoms with van der Waals surface area (Å²) < 4.78 is 29.8. The lowest BCUT2D eigenvalue weighted by molar-refractivity contribution is -0.122. The Balaban J connectivity index is 1.58. The van der Waals surface area contributed by atoms with Crippen LogP contribution < -0.4 is 14.8 Å². The number of anilines is 1. The average Bonchev–Trinajstić information content (AvgIpc) is 3.11. The quantitative estimate of drug-likeness (QED) is 0.453. The van der Waals surface area contributed by atoms with Gasteiger partial charge in [-0.2, -0.15) is 0 Å². The van der Waals surface area contributed by atoms with Crippen LogP contribution in [0.25, 0.3) is 0 Å². The number of nitrogens with one attached hydrogen (secondary N) is 1. The molecule has 8 nitrogen and oxygen atoms in total. The summed E-state index contributed by atoms with van der Waals surface area (Å²) in [5.74, 6) is -1.10. The third kappa shape index (κ3) is 5.92. The number of aromatic nitrogens is 2. The maximum Gasteiger partial charge on any atom is 0.350 e. The van der Waals surface area contributed by atoms with Crippen LogP contribution in [-0.4, -0.2) is 34.6 Å². The van der Waals surface area contributed by atoms with E-state index in [-0.39, 0.29) is 22.6 Å². The summed E-state index contributed by atoms with van der Waals surface area (Å²) in [4.78, 5) is 32.6. The van der Waals surface area contributed by atoms with Gasteiger partial charge in [0.1, 0.15) is 16.4 Å². The van der Waals surface area contributed by atoms with Gasteiger partial charge in [0.05, 0.1) is 17.3 Å². The van der Waals surface area contributed by atoms with Crippen LogP contribution in [0.2, 0.25) is 5.02 Å². The van der Waals surface area contributed by atoms with Crippen molar-refractivity contribution in [1.29, 1.82) is 0 Å². The van der Waals surface area contributed by atoms with E-state index in [1.54, 1.807) is 45.0 Å². The van der Waals surface area contributed by atoms with Crippen molar-refractivity contribution in [2.24, 2.45) is 0 Å². The Morgan fingerprint density at radius 2 is 1.94 bits per heavy atom. The monoisotopic (exact) mass is 479 g/mol. The van der Waals surface area contributed by atoms with E-state index in [0.29, 0.717) is 22.1 Å². The summed E-state index contributed by atoms with van der Waals surface area (Å²) in [6.45, 7) is 5.19. The number of thiazole rings is 1. The summed E-state index contributed by atoms with van der Waals surface area (Å²) in [6, 6.07) is 7.33. The Morgan fingerprint density at radius 3 is 2.59 bits per heavy atom. The Bertz CT molecular complexity index is 1120. The molecule has 3 aromatic rings. The van der Waals surface area contributed by atoms with Crippen LogP contribution in [0.15, 0.2) is 36.5 Å². The van der Waals surface area contributed by atoms with Gasteiger partial charge in [0.2, 0.25) is 0 Å². The van der Waals surface area contributed by atoms with E-state index in [0.717, 1.165) is 17.4 Å². The van der Waals surface area contributed by atoms with Gasteiger partial charge in [0.25, 0.3) is 11.8 Å². The first-order valence-corrected chi connectivity index (χ1v) is 10.7. The number of aryl methyl sites for hydroxylation is 1. The third-order valence-electron chi connectivity index (χ3n) is 3.98. The third-order valence-corrected chi connectivity index (χ3v) is 5.24. The minimum Gasteiger partial charge on any atom is -0.481 e. The summed E-state index contributed by atoms with van der Waals surface area (Å²) in [7, 11) is 0. The van der Waals surface area contributed by atoms with Crippen molar-refractivity contribution >= 4 is 39.9 Å². The second-order valence-corrected chi connectivity index (χ2v) is 7.85. The van der Waals surface area contributed by atoms with E-state index in [1.807, 2.05) is 0 Å². The van der Waals surface area contributed by atoms with Crippen molar-refractivity contribution in [3.63, 3.8) is 0 Å². The molecule has 0 aliphatic rings. The van der Waals surface area contributed by atoms with Crippen LogP contribution >= 0.6 is 22.9 Å². The molecule has 0 fully saturated rings. The van der Waals surface area contributed by atoms with Crippen LogP contribution in [-0.2, 0) is 9.53 Å². The zero-order valence-electron chi connectivity index (χ0n) is 17.3. The predicted molar refractivity (Wildman–Crippen MR) is 117 cm³/mol. The fraction of sp³-hybridized carbons (Fsp3) is 0.238. The minimum atomic E-state index is -0.854. The number of rotatable bonds is 8. The van der Waals surface area contributed by atoms with Crippen molar-refractivity contribution in [2.75, 3.05) is 11.9 Å². The number of nitrogens with zero attached hydrogens (tertiary/aromatic N) is 2. The second kappa shape index (κ2) is 10.4. The second-order valence-electron chi connectivity index (χ2n) is 6.42. The smallest absolute Gasteiger partial charge is 0.350 e. The van der Waals surface area contributed by atoms with Gasteiger partial charge in [0.15, 0.2) is 17.1 Å². The Morgan fingerprint density at radius 1 is 1.25 bits per heavy atom. The predicted octanol–water partition coefficient (Wildman–Crippen LogP) is 5.01. The van der Waals surface area contributed by atoms with Gasteiger partial charge in [-0.05, 0) is 51.1 Å². The normalized spacial score (nSPS) is 11.5. The summed E-state index contributed by atoms with van der Waals surface area (Å²) >= 11 is 6.70. The van der Waals surface area contributed by atoms with Crippen molar-refractivity contribution in [3.8, 4) is 17.4 Å². The fourth-order valence-electron chi connectivity index (χ4n) is 2.48. The first kappa shape index (κ1) is 23.4. The highest BCUT2D eigenvalue weighted by Crippen LogP contribution is 2.27. The molecule has 2 heterocycles. The lowest BCUT2D eigenvalue weighted by Crippen LogP contribution is -2.30. The number of carbonyl (C=O) groups is 2. The van der Waals surface area contributed by atoms with E-state index in [1.165, 1.54) is 6.20 Å². The standard InChI is InChI=1S/C21H19ClFN3O5S/c1-4-29-20(28)17-11(2)25-21(32-17)26-18(27)12(3)30-14-5-7-15(8-6-14)31-19-16(23)9-13(22)10-24-19/h5-10,12H,4H2,1-3H3,(H,25,26,27)/t12-/m1/s1. The van der Waals surface area contributed by atoms with Gasteiger partial charge in [-0.25, -0.2) is 19.2 Å². The van der Waals surface area contributed by atoms with Gasteiger partial charge in [0, 0.05) is 6.20 Å². The molecule has 1 N–H and O–H groups in total. The number of hydrogen-bond donors (Lipinski definition) is 1. The molecule has 0 spiro atoms. The Hall–Kier alpha value is -3.24. The molecule has 0 saturated carbocycles. The van der Waals surface area contributed by atoms with Gasteiger partial charge in [-0.1, -0.05) is 22.9 Å². The molecular weight excluding hydrogens is 461 g/mol. The Labute approximate surface area is 192 Å². The molecule has 0 bridgehead atoms. The SMILES string of the molecule is CCOC(=O)c1sc(NC(=O)[C@@H](C)Oc2ccc(Oc3ncc(Cl)cc3F)cc2)nc1C. The van der Waals surface area contributed by atoms with Crippen LogP contribution in [0.5, 0.6) is 17.4 Å². The molecule has 2 aromatic heterocycles. The molecule has 32 heavy (non-hydrogen) atoms. The highest BCUT2D eigenvalue weighted by Gasteiger charge is 2.20. The van der Waals surface area contributed by atoms with E-state index in [9.17, 15) is 14.0 Å². The zero-order chi connectivity index (χ0) is 23.3. The van der Waals surface area contributed by atoms with Gasteiger partial charge in [-0.15, -0.1) is 0 Å². The number of pyridine rings is 1. The van der Waals surface area contributed by atoms with Crippen LogP contribution in [0.3, 0.4) is 0 Å². The Kier molecular flexibility index (Phi) is 7.60. The minimum absolute atomic E-state index is 0.163. The summed E-state index contributed by atoms with van der Waals surface area (Å²) in [5, 5.41) is 3.06. The highest BCUT2D eigenvalue weighted by molar-refractivity contribution is 7.17. The molecule has 0 aliphatic carbocycles. The molecule has 0 radical (unpaired) electrons. The number of benzene rings is 1. The van der Waals surface area contributed by atoms with E-state index < -0.39 is 23.8 Å². The fourth-order valence-corrected chi connectivity index (χ4v) is 3.48. The maximum absolute atomic E-state index is 13.8. The molecule has 0 saturated heterocycles. The molecule has 11 heteroatoms. The zero-order valence-corrected chi connectivity index (χ0v) is 18.9. The highest BCUT2D eigenvalue weighted by atomic mass is 35.5. The summed E-state index contributed by atoms with van der Waals surface area (Å²) in [6.07, 6.45) is 0.421. The molecular formula is C21H19ClFN3O5S. The largest absolute Gasteiger partial charge is 0.481 e. The summed E-state index contributed by atoms with van der Waals surface area (Å²) in [5.41, 5.74) is 0.472. The molecule has 3 rings (SSSR count). The number of esters is 1. The van der Waals surface area contributed by atoms with Gasteiger partial charge in [-0.3, -0.25) is 10.1 Å². The number of halogens is 2. The lowest BCUT2D eigenvalue weighted by Gasteiger charge is -2.14. The molecule has 1 aromatic carbocycles.